The fraction of sp³-hybridized carbons (Fsp3) is 1.00. The van der Waals surface area contributed by atoms with Crippen LogP contribution in [0.25, 0.3) is 0 Å². The molecule has 2 unspecified atom stereocenters. The zero-order valence-electron chi connectivity index (χ0n) is 16.0. The Hall–Kier alpha value is -0.360. The Labute approximate surface area is 156 Å². The maximum atomic E-state index is 9.42. The number of rotatable bonds is 21. The van der Waals surface area contributed by atoms with Gasteiger partial charge in [-0.1, -0.05) is 0 Å². The summed E-state index contributed by atoms with van der Waals surface area (Å²) in [6.45, 7) is 8.79. The maximum absolute atomic E-state index is 9.42. The highest BCUT2D eigenvalue weighted by atomic mass is 16.6. The number of aliphatic hydroxyl groups excluding tert-OH is 1. The minimum atomic E-state index is -0.479. The summed E-state index contributed by atoms with van der Waals surface area (Å²) in [5.74, 6) is 0. The fourth-order valence-electron chi connectivity index (χ4n) is 2.02. The number of aliphatic hydroxyl groups is 1. The summed E-state index contributed by atoms with van der Waals surface area (Å²) >= 11 is 0. The molecular weight excluding hydrogens is 344 g/mol. The molecule has 0 aromatic heterocycles. The molecule has 1 heterocycles. The zero-order chi connectivity index (χ0) is 18.7. The Balaban J connectivity index is 1.62. The molecule has 1 saturated heterocycles. The quantitative estimate of drug-likeness (QED) is 0.164. The van der Waals surface area contributed by atoms with Crippen LogP contribution in [0.4, 0.5) is 0 Å². The van der Waals surface area contributed by atoms with E-state index >= 15 is 0 Å². The molecule has 1 rings (SSSR count). The molecule has 0 saturated carbocycles. The third-order valence-corrected chi connectivity index (χ3v) is 3.48. The van der Waals surface area contributed by atoms with Gasteiger partial charge in [-0.05, 0) is 0 Å². The lowest BCUT2D eigenvalue weighted by Crippen LogP contribution is -2.32. The van der Waals surface area contributed by atoms with Gasteiger partial charge in [0.25, 0.3) is 0 Å². The van der Waals surface area contributed by atoms with Crippen LogP contribution >= 0.6 is 0 Å². The topological polar surface area (TPSA) is 103 Å². The van der Waals surface area contributed by atoms with Crippen molar-refractivity contribution >= 4 is 0 Å². The van der Waals surface area contributed by atoms with Gasteiger partial charge in [0.05, 0.1) is 78.3 Å². The molecule has 0 amide bonds. The average Bonchev–Trinajstić information content (AvgIpc) is 3.45. The summed E-state index contributed by atoms with van der Waals surface area (Å²) in [5, 5.41) is 15.8. The average molecular weight is 380 g/mol. The molecule has 9 heteroatoms. The van der Waals surface area contributed by atoms with Gasteiger partial charge in [-0.25, -0.2) is 0 Å². The highest BCUT2D eigenvalue weighted by Gasteiger charge is 2.20. The molecule has 1 aliphatic heterocycles. The first-order valence-electron chi connectivity index (χ1n) is 9.34. The summed E-state index contributed by atoms with van der Waals surface area (Å²) in [6.07, 6.45) is -0.0617. The lowest BCUT2D eigenvalue weighted by Gasteiger charge is -2.11. The van der Waals surface area contributed by atoms with Crippen molar-refractivity contribution in [2.45, 2.75) is 12.2 Å². The van der Waals surface area contributed by atoms with Gasteiger partial charge >= 0.3 is 0 Å². The Morgan fingerprint density at radius 2 is 1.38 bits per heavy atom. The summed E-state index contributed by atoms with van der Waals surface area (Å²) in [6, 6.07) is 0. The maximum Gasteiger partial charge on any atom is 0.0933 e. The molecule has 0 aliphatic carbocycles. The van der Waals surface area contributed by atoms with E-state index in [1.54, 1.807) is 7.11 Å². The molecule has 0 radical (unpaired) electrons. The van der Waals surface area contributed by atoms with Gasteiger partial charge < -0.3 is 44.2 Å². The molecule has 2 atom stereocenters. The number of nitrogens with one attached hydrogen (secondary N) is 2. The first-order chi connectivity index (χ1) is 12.8. The van der Waals surface area contributed by atoms with Crippen LogP contribution < -0.4 is 10.6 Å². The number of hydrogen-bond donors (Lipinski definition) is 3. The normalized spacial score (nSPS) is 17.5. The van der Waals surface area contributed by atoms with E-state index in [1.165, 1.54) is 0 Å². The third kappa shape index (κ3) is 17.1. The summed E-state index contributed by atoms with van der Waals surface area (Å²) in [7, 11) is 1.57. The third-order valence-electron chi connectivity index (χ3n) is 3.48. The van der Waals surface area contributed by atoms with Crippen LogP contribution in [-0.4, -0.2) is 117 Å². The highest BCUT2D eigenvalue weighted by Crippen LogP contribution is 2.05. The highest BCUT2D eigenvalue weighted by molar-refractivity contribution is 4.71. The van der Waals surface area contributed by atoms with Crippen molar-refractivity contribution in [3.05, 3.63) is 0 Å². The smallest absolute Gasteiger partial charge is 0.0933 e. The van der Waals surface area contributed by atoms with Crippen LogP contribution in [0.15, 0.2) is 0 Å². The number of methoxy groups -OCH3 is 1. The summed E-state index contributed by atoms with van der Waals surface area (Å²) in [4.78, 5) is 0. The van der Waals surface area contributed by atoms with Crippen LogP contribution in [0.3, 0.4) is 0 Å². The van der Waals surface area contributed by atoms with Gasteiger partial charge in [0, 0.05) is 33.3 Å². The number of ether oxygens (including phenoxy) is 6. The molecule has 156 valence electrons. The molecule has 9 nitrogen and oxygen atoms in total. The monoisotopic (exact) mass is 380 g/mol. The van der Waals surface area contributed by atoms with Gasteiger partial charge in [-0.2, -0.15) is 0 Å². The minimum Gasteiger partial charge on any atom is -0.389 e. The Morgan fingerprint density at radius 1 is 0.885 bits per heavy atom. The predicted octanol–water partition coefficient (Wildman–Crippen LogP) is -1.36. The van der Waals surface area contributed by atoms with Crippen LogP contribution in [0, 0.1) is 0 Å². The van der Waals surface area contributed by atoms with Gasteiger partial charge in [0.2, 0.25) is 0 Å². The van der Waals surface area contributed by atoms with E-state index in [0.29, 0.717) is 78.7 Å². The van der Waals surface area contributed by atoms with Crippen molar-refractivity contribution in [3.63, 3.8) is 0 Å². The van der Waals surface area contributed by atoms with E-state index in [4.69, 9.17) is 28.4 Å². The molecule has 1 aliphatic rings. The number of epoxide rings is 1. The first kappa shape index (κ1) is 23.7. The van der Waals surface area contributed by atoms with E-state index in [-0.39, 0.29) is 0 Å². The van der Waals surface area contributed by atoms with E-state index in [2.05, 4.69) is 10.6 Å². The Bertz CT molecular complexity index is 296. The molecular formula is C17H36N2O7. The van der Waals surface area contributed by atoms with Crippen molar-refractivity contribution in [3.8, 4) is 0 Å². The van der Waals surface area contributed by atoms with Gasteiger partial charge in [0.15, 0.2) is 0 Å². The largest absolute Gasteiger partial charge is 0.389 e. The zero-order valence-corrected chi connectivity index (χ0v) is 16.0. The second kappa shape index (κ2) is 18.0. The molecule has 0 aromatic carbocycles. The molecule has 0 bridgehead atoms. The summed E-state index contributed by atoms with van der Waals surface area (Å²) in [5.41, 5.74) is 0. The van der Waals surface area contributed by atoms with E-state index < -0.39 is 6.10 Å². The summed E-state index contributed by atoms with van der Waals surface area (Å²) < 4.78 is 31.6. The molecule has 0 aromatic rings. The lowest BCUT2D eigenvalue weighted by molar-refractivity contribution is -0.00142. The molecule has 0 spiro atoms. The fourth-order valence-corrected chi connectivity index (χ4v) is 2.02. The second-order valence-electron chi connectivity index (χ2n) is 5.92. The van der Waals surface area contributed by atoms with Crippen LogP contribution in [0.2, 0.25) is 0 Å². The SMILES string of the molecule is COCC(O)CNCCOCCOCCOCCOCCNCC1CO1. The van der Waals surface area contributed by atoms with Crippen molar-refractivity contribution in [2.75, 3.05) is 99.4 Å². The molecule has 1 fully saturated rings. The van der Waals surface area contributed by atoms with Gasteiger partial charge in [0.1, 0.15) is 0 Å². The van der Waals surface area contributed by atoms with Crippen molar-refractivity contribution in [2.24, 2.45) is 0 Å². The van der Waals surface area contributed by atoms with Crippen molar-refractivity contribution in [1.82, 2.24) is 10.6 Å². The minimum absolute atomic E-state index is 0.337. The second-order valence-corrected chi connectivity index (χ2v) is 5.92. The molecule has 26 heavy (non-hydrogen) atoms. The van der Waals surface area contributed by atoms with Crippen molar-refractivity contribution < 1.29 is 33.5 Å². The standard InChI is InChI=1S/C17H36N2O7/c1-21-14-16(20)12-18-2-4-22-6-8-24-10-11-25-9-7-23-5-3-19-13-17-15-26-17/h16-20H,2-15H2,1H3. The van der Waals surface area contributed by atoms with Crippen LogP contribution in [0.5, 0.6) is 0 Å². The van der Waals surface area contributed by atoms with E-state index in [1.807, 2.05) is 0 Å². The molecule has 3 N–H and O–H groups in total. The van der Waals surface area contributed by atoms with E-state index in [0.717, 1.165) is 19.7 Å². The predicted molar refractivity (Wildman–Crippen MR) is 96.6 cm³/mol. The van der Waals surface area contributed by atoms with Gasteiger partial charge in [-0.3, -0.25) is 0 Å². The Morgan fingerprint density at radius 3 is 1.88 bits per heavy atom. The van der Waals surface area contributed by atoms with Crippen LogP contribution in [0.1, 0.15) is 0 Å². The van der Waals surface area contributed by atoms with E-state index in [9.17, 15) is 5.11 Å². The lowest BCUT2D eigenvalue weighted by atomic mass is 10.4. The first-order valence-corrected chi connectivity index (χ1v) is 9.34. The van der Waals surface area contributed by atoms with Gasteiger partial charge in [-0.15, -0.1) is 0 Å². The Kier molecular flexibility index (Phi) is 16.4. The van der Waals surface area contributed by atoms with Crippen LogP contribution in [-0.2, 0) is 28.4 Å². The van der Waals surface area contributed by atoms with Crippen molar-refractivity contribution in [1.29, 1.82) is 0 Å². The number of hydrogen-bond acceptors (Lipinski definition) is 9.